The lowest BCUT2D eigenvalue weighted by Crippen LogP contribution is -3.11. The Morgan fingerprint density at radius 2 is 1.83 bits per heavy atom. The van der Waals surface area contributed by atoms with Crippen LogP contribution in [0.25, 0.3) is 10.9 Å². The predicted octanol–water partition coefficient (Wildman–Crippen LogP) is 0.664. The summed E-state index contributed by atoms with van der Waals surface area (Å²) in [5.74, 6) is -3.03. The van der Waals surface area contributed by atoms with Crippen LogP contribution in [-0.4, -0.2) is 48.4 Å². The number of methoxy groups -OCH3 is 1. The fourth-order valence-electron chi connectivity index (χ4n) is 4.05. The molecule has 1 aliphatic rings. The lowest BCUT2D eigenvalue weighted by molar-refractivity contribution is -0.897. The first kappa shape index (κ1) is 22.7. The number of aromatic nitrogens is 1. The molecule has 1 aromatic carbocycles. The number of likely N-dealkylation sites (N-methyl/N-ethyl adjacent to an activating group) is 1. The van der Waals surface area contributed by atoms with Gasteiger partial charge in [0.05, 0.1) is 33.3 Å². The molecular weight excluding hydrogens is 372 g/mol. The first-order valence-corrected chi connectivity index (χ1v) is 10.4. The quantitative estimate of drug-likeness (QED) is 0.545. The molecule has 160 valence electrons. The summed E-state index contributed by atoms with van der Waals surface area (Å²) < 4.78 is 8.09. The summed E-state index contributed by atoms with van der Waals surface area (Å²) in [6.07, 6.45) is 6.48. The molecule has 0 unspecified atom stereocenters. The summed E-state index contributed by atoms with van der Waals surface area (Å²) in [4.78, 5) is 19.7. The van der Waals surface area contributed by atoms with E-state index in [0.717, 1.165) is 12.3 Å². The van der Waals surface area contributed by atoms with E-state index < -0.39 is 11.9 Å². The average Bonchev–Trinajstić information content (AvgIpc) is 2.86. The zero-order valence-electron chi connectivity index (χ0n) is 17.6. The van der Waals surface area contributed by atoms with Crippen molar-refractivity contribution in [1.29, 1.82) is 0 Å². The average molecular weight is 405 g/mol. The van der Waals surface area contributed by atoms with Gasteiger partial charge in [-0.1, -0.05) is 6.42 Å². The van der Waals surface area contributed by atoms with Gasteiger partial charge < -0.3 is 29.2 Å². The minimum atomic E-state index is -2.07. The third-order valence-electron chi connectivity index (χ3n) is 5.70. The molecule has 0 atom stereocenters. The first-order valence-electron chi connectivity index (χ1n) is 10.4. The van der Waals surface area contributed by atoms with Crippen molar-refractivity contribution in [3.8, 4) is 5.75 Å². The standard InChI is InChI=1S/C20H30N2O.C2H2O4/c1-4-21(5-2)13-14-22-19-10-8-6-7-9-17(19)18-15-16(23-3)11-12-20(18)22;3-1(4)2(5)6/h11-12,15H,4-10,13-14H2,1-3H3;(H,3,4)(H,5,6). The molecule has 2 aromatic rings. The van der Waals surface area contributed by atoms with Crippen LogP contribution in [0.5, 0.6) is 5.75 Å². The molecule has 0 saturated heterocycles. The van der Waals surface area contributed by atoms with Crippen molar-refractivity contribution in [2.45, 2.75) is 52.5 Å². The highest BCUT2D eigenvalue weighted by molar-refractivity contribution is 6.26. The second-order valence-electron chi connectivity index (χ2n) is 7.32. The van der Waals surface area contributed by atoms with E-state index in [0.29, 0.717) is 0 Å². The van der Waals surface area contributed by atoms with E-state index in [1.54, 1.807) is 23.3 Å². The molecule has 0 amide bonds. The number of hydrogen-bond donors (Lipinski definition) is 2. The fourth-order valence-corrected chi connectivity index (χ4v) is 4.05. The van der Waals surface area contributed by atoms with Crippen LogP contribution in [0.3, 0.4) is 0 Å². The van der Waals surface area contributed by atoms with Gasteiger partial charge in [0, 0.05) is 16.6 Å². The third kappa shape index (κ3) is 5.73. The van der Waals surface area contributed by atoms with Crippen LogP contribution in [0.2, 0.25) is 0 Å². The Hall–Kier alpha value is -2.54. The number of aryl methyl sites for hydroxylation is 1. The number of carboxylic acids is 2. The minimum Gasteiger partial charge on any atom is -0.539 e. The number of nitrogens with zero attached hydrogens (tertiary/aromatic N) is 1. The Bertz CT molecular complexity index is 827. The van der Waals surface area contributed by atoms with E-state index >= 15 is 0 Å². The van der Waals surface area contributed by atoms with Crippen molar-refractivity contribution >= 4 is 22.8 Å². The SMILES string of the molecule is CC[NH+](CC)CCn1c2c(c3cc(OC)ccc31)CCCCC2.O=C([O-])C(=O)O. The minimum absolute atomic E-state index is 0.982. The largest absolute Gasteiger partial charge is 0.539 e. The molecule has 29 heavy (non-hydrogen) atoms. The molecule has 0 radical (unpaired) electrons. The molecule has 0 fully saturated rings. The van der Waals surface area contributed by atoms with Crippen LogP contribution in [0.4, 0.5) is 0 Å². The summed E-state index contributed by atoms with van der Waals surface area (Å²) in [5, 5.41) is 17.7. The topological polar surface area (TPSA) is 96.0 Å². The van der Waals surface area contributed by atoms with E-state index in [1.807, 2.05) is 0 Å². The molecule has 3 rings (SSSR count). The molecular formula is C22H32N2O5. The number of fused-ring (bicyclic) bond motifs is 3. The van der Waals surface area contributed by atoms with Crippen LogP contribution >= 0.6 is 0 Å². The summed E-state index contributed by atoms with van der Waals surface area (Å²) in [7, 11) is 1.76. The van der Waals surface area contributed by atoms with Gasteiger partial charge in [-0.3, -0.25) is 0 Å². The maximum absolute atomic E-state index is 9.04. The summed E-state index contributed by atoms with van der Waals surface area (Å²) in [5.41, 5.74) is 4.59. The number of quaternary nitrogens is 1. The van der Waals surface area contributed by atoms with Gasteiger partial charge >= 0.3 is 5.97 Å². The van der Waals surface area contributed by atoms with Gasteiger partial charge in [0.1, 0.15) is 5.75 Å². The van der Waals surface area contributed by atoms with Crippen molar-refractivity contribution in [1.82, 2.24) is 4.57 Å². The monoisotopic (exact) mass is 404 g/mol. The third-order valence-corrected chi connectivity index (χ3v) is 5.70. The number of ether oxygens (including phenoxy) is 1. The molecule has 2 N–H and O–H groups in total. The number of carbonyl (C=O) groups is 2. The maximum Gasteiger partial charge on any atom is 0.351 e. The number of aliphatic carboxylic acids is 2. The zero-order chi connectivity index (χ0) is 21.4. The van der Waals surface area contributed by atoms with Crippen LogP contribution < -0.4 is 14.7 Å². The lowest BCUT2D eigenvalue weighted by atomic mass is 10.1. The molecule has 1 aliphatic carbocycles. The number of benzene rings is 1. The highest BCUT2D eigenvalue weighted by Gasteiger charge is 2.20. The van der Waals surface area contributed by atoms with Crippen LogP contribution in [-0.2, 0) is 29.0 Å². The van der Waals surface area contributed by atoms with E-state index in [2.05, 4.69) is 36.6 Å². The smallest absolute Gasteiger partial charge is 0.351 e. The molecule has 0 bridgehead atoms. The van der Waals surface area contributed by atoms with Gasteiger partial charge in [-0.25, -0.2) is 4.79 Å². The summed E-state index contributed by atoms with van der Waals surface area (Å²) >= 11 is 0. The Kier molecular flexibility index (Phi) is 8.51. The van der Waals surface area contributed by atoms with E-state index in [-0.39, 0.29) is 0 Å². The Morgan fingerprint density at radius 3 is 2.41 bits per heavy atom. The number of nitrogens with one attached hydrogen (secondary N) is 1. The van der Waals surface area contributed by atoms with Crippen molar-refractivity contribution in [2.24, 2.45) is 0 Å². The second kappa shape index (κ2) is 10.9. The van der Waals surface area contributed by atoms with Crippen molar-refractivity contribution < 1.29 is 29.4 Å². The molecule has 7 heteroatoms. The van der Waals surface area contributed by atoms with Gasteiger partial charge in [0.15, 0.2) is 5.97 Å². The summed E-state index contributed by atoms with van der Waals surface area (Å²) in [6, 6.07) is 6.63. The first-order chi connectivity index (χ1) is 13.9. The van der Waals surface area contributed by atoms with Gasteiger partial charge in [0.25, 0.3) is 0 Å². The van der Waals surface area contributed by atoms with E-state index in [1.165, 1.54) is 62.6 Å². The summed E-state index contributed by atoms with van der Waals surface area (Å²) in [6.45, 7) is 9.36. The van der Waals surface area contributed by atoms with Crippen LogP contribution in [0.15, 0.2) is 18.2 Å². The van der Waals surface area contributed by atoms with Gasteiger partial charge in [-0.05, 0) is 63.3 Å². The van der Waals surface area contributed by atoms with E-state index in [4.69, 9.17) is 24.5 Å². The maximum atomic E-state index is 9.04. The second-order valence-corrected chi connectivity index (χ2v) is 7.32. The number of carboxylic acid groups (broad SMARTS) is 2. The highest BCUT2D eigenvalue weighted by Crippen LogP contribution is 2.33. The van der Waals surface area contributed by atoms with E-state index in [9.17, 15) is 0 Å². The molecule has 1 aromatic heterocycles. The predicted molar refractivity (Wildman–Crippen MR) is 109 cm³/mol. The van der Waals surface area contributed by atoms with Crippen LogP contribution in [0, 0.1) is 0 Å². The Balaban J connectivity index is 0.000000438. The normalized spacial score (nSPS) is 13.4. The molecule has 0 saturated carbocycles. The van der Waals surface area contributed by atoms with Crippen molar-refractivity contribution in [2.75, 3.05) is 26.7 Å². The van der Waals surface area contributed by atoms with Crippen molar-refractivity contribution in [3.05, 3.63) is 29.5 Å². The number of carbonyl (C=O) groups excluding carboxylic acids is 1. The van der Waals surface area contributed by atoms with Crippen molar-refractivity contribution in [3.63, 3.8) is 0 Å². The molecule has 0 aliphatic heterocycles. The van der Waals surface area contributed by atoms with Gasteiger partial charge in [-0.15, -0.1) is 0 Å². The Morgan fingerprint density at radius 1 is 1.17 bits per heavy atom. The van der Waals surface area contributed by atoms with Gasteiger partial charge in [-0.2, -0.15) is 0 Å². The molecule has 0 spiro atoms. The van der Waals surface area contributed by atoms with Gasteiger partial charge in [0.2, 0.25) is 0 Å². The number of hydrogen-bond acceptors (Lipinski definition) is 4. The zero-order valence-corrected chi connectivity index (χ0v) is 17.6. The fraction of sp³-hybridized carbons (Fsp3) is 0.545. The van der Waals surface area contributed by atoms with Crippen LogP contribution in [0.1, 0.15) is 44.4 Å². The molecule has 7 nitrogen and oxygen atoms in total. The Labute approximate surface area is 171 Å². The molecule has 1 heterocycles. The lowest BCUT2D eigenvalue weighted by Gasteiger charge is -2.18. The number of rotatable bonds is 6. The highest BCUT2D eigenvalue weighted by atomic mass is 16.5.